The molecule has 5 nitrogen and oxygen atoms in total. The normalized spacial score (nSPS) is 16.8. The van der Waals surface area contributed by atoms with E-state index in [1.54, 1.807) is 6.33 Å². The Hall–Kier alpha value is -3.21. The van der Waals surface area contributed by atoms with Crippen LogP contribution in [0.1, 0.15) is 18.0 Å². The summed E-state index contributed by atoms with van der Waals surface area (Å²) < 4.78 is 1.87. The molecule has 5 rings (SSSR count). The number of benzene rings is 2. The van der Waals surface area contributed by atoms with Crippen LogP contribution >= 0.6 is 0 Å². The topological polar surface area (TPSA) is 46.8 Å². The molecular formula is C20H17N5. The zero-order chi connectivity index (χ0) is 16.6. The molecule has 3 heterocycles. The van der Waals surface area contributed by atoms with Crippen molar-refractivity contribution in [1.29, 1.82) is 0 Å². The Bertz CT molecular complexity index is 1010. The highest BCUT2D eigenvalue weighted by atomic mass is 15.3. The molecule has 2 aromatic heterocycles. The van der Waals surface area contributed by atoms with Crippen LogP contribution in [0, 0.1) is 0 Å². The van der Waals surface area contributed by atoms with Gasteiger partial charge in [0.25, 0.3) is 0 Å². The van der Waals surface area contributed by atoms with Gasteiger partial charge in [-0.2, -0.15) is 5.10 Å². The molecule has 1 saturated heterocycles. The zero-order valence-corrected chi connectivity index (χ0v) is 13.7. The van der Waals surface area contributed by atoms with Crippen molar-refractivity contribution >= 4 is 16.9 Å². The van der Waals surface area contributed by atoms with Crippen molar-refractivity contribution in [2.24, 2.45) is 0 Å². The van der Waals surface area contributed by atoms with Gasteiger partial charge >= 0.3 is 0 Å². The second-order valence-electron chi connectivity index (χ2n) is 6.24. The van der Waals surface area contributed by atoms with Gasteiger partial charge in [0.2, 0.25) is 0 Å². The number of para-hydroxylation sites is 1. The molecule has 0 spiro atoms. The van der Waals surface area contributed by atoms with Crippen LogP contribution in [0.3, 0.4) is 0 Å². The van der Waals surface area contributed by atoms with Gasteiger partial charge in [-0.1, -0.05) is 48.5 Å². The summed E-state index contributed by atoms with van der Waals surface area (Å²) in [7, 11) is 0. The summed E-state index contributed by atoms with van der Waals surface area (Å²) >= 11 is 0. The first kappa shape index (κ1) is 14.2. The number of fused-ring (bicyclic) bond motifs is 1. The molecule has 5 heteroatoms. The standard InChI is InChI=1S/C20H17N5/c1-3-7-15(8-4-1)18-11-12-24(18)19-17-13-23-25(20(17)22-14-21-19)16-9-5-2-6-10-16/h1-10,13-14,18H,11-12H2/t18-/m0/s1. The third-order valence-electron chi connectivity index (χ3n) is 4.82. The van der Waals surface area contributed by atoms with Gasteiger partial charge in [-0.05, 0) is 24.1 Å². The molecule has 0 unspecified atom stereocenters. The SMILES string of the molecule is c1ccc([C@@H]2CCN2c2ncnc3c2cnn3-c2ccccc2)cc1. The fourth-order valence-corrected chi connectivity index (χ4v) is 3.48. The summed E-state index contributed by atoms with van der Waals surface area (Å²) in [4.78, 5) is 11.4. The van der Waals surface area contributed by atoms with Crippen molar-refractivity contribution in [3.8, 4) is 5.69 Å². The van der Waals surface area contributed by atoms with Gasteiger partial charge in [0.05, 0.1) is 23.3 Å². The van der Waals surface area contributed by atoms with Crippen LogP contribution in [0.4, 0.5) is 5.82 Å². The van der Waals surface area contributed by atoms with E-state index in [2.05, 4.69) is 50.3 Å². The van der Waals surface area contributed by atoms with Crippen molar-refractivity contribution in [1.82, 2.24) is 19.7 Å². The first-order chi connectivity index (χ1) is 12.4. The predicted octanol–water partition coefficient (Wildman–Crippen LogP) is 3.77. The molecule has 0 N–H and O–H groups in total. The monoisotopic (exact) mass is 327 g/mol. The van der Waals surface area contributed by atoms with Gasteiger partial charge in [-0.3, -0.25) is 0 Å². The molecule has 1 aliphatic heterocycles. The lowest BCUT2D eigenvalue weighted by Crippen LogP contribution is -2.41. The predicted molar refractivity (Wildman–Crippen MR) is 97.8 cm³/mol. The molecule has 1 aliphatic rings. The summed E-state index contributed by atoms with van der Waals surface area (Å²) in [6, 6.07) is 21.1. The number of hydrogen-bond acceptors (Lipinski definition) is 4. The van der Waals surface area contributed by atoms with Crippen molar-refractivity contribution in [3.05, 3.63) is 78.8 Å². The maximum absolute atomic E-state index is 4.57. The molecule has 2 aromatic carbocycles. The summed E-state index contributed by atoms with van der Waals surface area (Å²) in [6.45, 7) is 1.00. The summed E-state index contributed by atoms with van der Waals surface area (Å²) in [5, 5.41) is 5.54. The number of nitrogens with zero attached hydrogens (tertiary/aromatic N) is 5. The van der Waals surface area contributed by atoms with E-state index in [-0.39, 0.29) is 0 Å². The van der Waals surface area contributed by atoms with Crippen molar-refractivity contribution in [2.75, 3.05) is 11.4 Å². The zero-order valence-electron chi connectivity index (χ0n) is 13.7. The Labute approximate surface area is 145 Å². The highest BCUT2D eigenvalue weighted by Gasteiger charge is 2.32. The minimum absolute atomic E-state index is 0.374. The third-order valence-corrected chi connectivity index (χ3v) is 4.82. The van der Waals surface area contributed by atoms with Gasteiger partial charge < -0.3 is 4.90 Å². The van der Waals surface area contributed by atoms with E-state index < -0.39 is 0 Å². The van der Waals surface area contributed by atoms with Gasteiger partial charge in [-0.25, -0.2) is 14.6 Å². The van der Waals surface area contributed by atoms with E-state index in [9.17, 15) is 0 Å². The van der Waals surface area contributed by atoms with Crippen molar-refractivity contribution in [3.63, 3.8) is 0 Å². The first-order valence-corrected chi connectivity index (χ1v) is 8.47. The summed E-state index contributed by atoms with van der Waals surface area (Å²) in [5.41, 5.74) is 3.18. The first-order valence-electron chi connectivity index (χ1n) is 8.47. The Kier molecular flexibility index (Phi) is 3.23. The summed E-state index contributed by atoms with van der Waals surface area (Å²) in [6.07, 6.45) is 4.65. The van der Waals surface area contributed by atoms with Gasteiger partial charge in [-0.15, -0.1) is 0 Å². The van der Waals surface area contributed by atoms with E-state index in [1.165, 1.54) is 5.56 Å². The second kappa shape index (κ2) is 5.70. The molecule has 1 fully saturated rings. The Morgan fingerprint density at radius 1 is 0.880 bits per heavy atom. The quantitative estimate of drug-likeness (QED) is 0.575. The minimum atomic E-state index is 0.374. The largest absolute Gasteiger partial charge is 0.349 e. The number of anilines is 1. The average Bonchev–Trinajstić information content (AvgIpc) is 3.08. The molecule has 4 aromatic rings. The van der Waals surface area contributed by atoms with E-state index >= 15 is 0 Å². The highest BCUT2D eigenvalue weighted by molar-refractivity contribution is 5.88. The molecule has 25 heavy (non-hydrogen) atoms. The average molecular weight is 327 g/mol. The van der Waals surface area contributed by atoms with Crippen LogP contribution in [-0.4, -0.2) is 26.3 Å². The fourth-order valence-electron chi connectivity index (χ4n) is 3.48. The number of hydrogen-bond donors (Lipinski definition) is 0. The second-order valence-corrected chi connectivity index (χ2v) is 6.24. The van der Waals surface area contributed by atoms with Crippen LogP contribution in [-0.2, 0) is 0 Å². The third kappa shape index (κ3) is 2.28. The van der Waals surface area contributed by atoms with Crippen LogP contribution < -0.4 is 4.90 Å². The van der Waals surface area contributed by atoms with E-state index in [4.69, 9.17) is 0 Å². The smallest absolute Gasteiger partial charge is 0.168 e. The maximum atomic E-state index is 4.57. The fraction of sp³-hybridized carbons (Fsp3) is 0.150. The van der Waals surface area contributed by atoms with E-state index in [0.29, 0.717) is 6.04 Å². The Balaban J connectivity index is 1.58. The van der Waals surface area contributed by atoms with Crippen LogP contribution in [0.15, 0.2) is 73.2 Å². The van der Waals surface area contributed by atoms with E-state index in [0.717, 1.165) is 35.5 Å². The molecule has 0 saturated carbocycles. The van der Waals surface area contributed by atoms with Crippen molar-refractivity contribution < 1.29 is 0 Å². The lowest BCUT2D eigenvalue weighted by molar-refractivity contribution is 0.462. The van der Waals surface area contributed by atoms with Gasteiger partial charge in [0, 0.05) is 6.54 Å². The number of rotatable bonds is 3. The molecule has 122 valence electrons. The van der Waals surface area contributed by atoms with Crippen LogP contribution in [0.2, 0.25) is 0 Å². The molecular weight excluding hydrogens is 310 g/mol. The number of aromatic nitrogens is 4. The van der Waals surface area contributed by atoms with Gasteiger partial charge in [0.15, 0.2) is 5.65 Å². The van der Waals surface area contributed by atoms with Crippen LogP contribution in [0.5, 0.6) is 0 Å². The summed E-state index contributed by atoms with van der Waals surface area (Å²) in [5.74, 6) is 0.965. The maximum Gasteiger partial charge on any atom is 0.168 e. The molecule has 0 amide bonds. The van der Waals surface area contributed by atoms with Gasteiger partial charge in [0.1, 0.15) is 12.1 Å². The lowest BCUT2D eigenvalue weighted by Gasteiger charge is -2.42. The molecule has 0 radical (unpaired) electrons. The molecule has 1 atom stereocenters. The Morgan fingerprint density at radius 2 is 1.64 bits per heavy atom. The highest BCUT2D eigenvalue weighted by Crippen LogP contribution is 2.39. The molecule has 0 bridgehead atoms. The van der Waals surface area contributed by atoms with Crippen molar-refractivity contribution in [2.45, 2.75) is 12.5 Å². The van der Waals surface area contributed by atoms with E-state index in [1.807, 2.05) is 41.2 Å². The lowest BCUT2D eigenvalue weighted by atomic mass is 9.94. The molecule has 0 aliphatic carbocycles. The minimum Gasteiger partial charge on any atom is -0.349 e. The Morgan fingerprint density at radius 3 is 2.36 bits per heavy atom. The van der Waals surface area contributed by atoms with Crippen LogP contribution in [0.25, 0.3) is 16.7 Å².